The molecule has 1 fully saturated rings. The summed E-state index contributed by atoms with van der Waals surface area (Å²) in [6, 6.07) is -4.20. The average Bonchev–Trinajstić information content (AvgIpc) is 2.19. The summed E-state index contributed by atoms with van der Waals surface area (Å²) in [6.45, 7) is 0. The van der Waals surface area contributed by atoms with E-state index in [1.807, 2.05) is 4.91 Å². The fourth-order valence-corrected chi connectivity index (χ4v) is 1.62. The third-order valence-corrected chi connectivity index (χ3v) is 2.38. The Balaban J connectivity index is 2.50. The third-order valence-electron chi connectivity index (χ3n) is 2.38. The van der Waals surface area contributed by atoms with E-state index in [0.717, 1.165) is 19.3 Å². The van der Waals surface area contributed by atoms with Gasteiger partial charge in [0.05, 0.1) is 0 Å². The Hall–Kier alpha value is -1.36. The first-order chi connectivity index (χ1) is 7.06. The predicted octanol–water partition coefficient (Wildman–Crippen LogP) is 2.34. The fraction of sp³-hybridized carbons (Fsp3) is 0.875. The van der Waals surface area contributed by atoms with E-state index in [-0.39, 0.29) is 6.04 Å². The first-order valence-electron chi connectivity index (χ1n) is 4.81. The van der Waals surface area contributed by atoms with Crippen molar-refractivity contribution in [1.29, 1.82) is 0 Å². The van der Waals surface area contributed by atoms with E-state index in [4.69, 9.17) is 5.53 Å². The van der Waals surface area contributed by atoms with Crippen LogP contribution in [0.2, 0.25) is 0 Å². The lowest BCUT2D eigenvalue weighted by Gasteiger charge is -2.23. The van der Waals surface area contributed by atoms with Crippen LogP contribution >= 0.6 is 0 Å². The van der Waals surface area contributed by atoms with Crippen LogP contribution in [-0.4, -0.2) is 18.0 Å². The number of amides is 1. The summed E-state index contributed by atoms with van der Waals surface area (Å²) in [4.78, 5) is 12.9. The van der Waals surface area contributed by atoms with Crippen molar-refractivity contribution in [2.24, 2.45) is 5.11 Å². The summed E-state index contributed by atoms with van der Waals surface area (Å²) in [6.07, 6.45) is 4.34. The van der Waals surface area contributed by atoms with Gasteiger partial charge in [-0.25, -0.2) is 0 Å². The number of alkyl halides is 2. The molecular weight excluding hydrogens is 206 g/mol. The molecule has 1 aliphatic carbocycles. The van der Waals surface area contributed by atoms with Gasteiger partial charge in [0.1, 0.15) is 0 Å². The average molecular weight is 218 g/mol. The van der Waals surface area contributed by atoms with Crippen molar-refractivity contribution in [2.45, 2.75) is 44.2 Å². The van der Waals surface area contributed by atoms with Crippen molar-refractivity contribution in [3.05, 3.63) is 10.4 Å². The molecule has 1 saturated carbocycles. The highest BCUT2D eigenvalue weighted by molar-refractivity contribution is 5.83. The van der Waals surface area contributed by atoms with Crippen LogP contribution in [0.25, 0.3) is 10.4 Å². The summed E-state index contributed by atoms with van der Waals surface area (Å²) in [7, 11) is 0. The lowest BCUT2D eigenvalue weighted by molar-refractivity contribution is -0.145. The molecule has 0 spiro atoms. The molecule has 0 aromatic heterocycles. The van der Waals surface area contributed by atoms with Crippen molar-refractivity contribution < 1.29 is 13.6 Å². The number of nitrogens with one attached hydrogen (secondary N) is 1. The summed E-state index contributed by atoms with van der Waals surface area (Å²) in [5.41, 5.74) is 7.85. The highest BCUT2D eigenvalue weighted by atomic mass is 19.3. The molecule has 5 nitrogen and oxygen atoms in total. The molecule has 1 amide bonds. The predicted molar refractivity (Wildman–Crippen MR) is 49.1 cm³/mol. The molecule has 7 heteroatoms. The summed E-state index contributed by atoms with van der Waals surface area (Å²) in [5.74, 6) is -1.51. The van der Waals surface area contributed by atoms with E-state index in [0.29, 0.717) is 12.8 Å². The van der Waals surface area contributed by atoms with Gasteiger partial charge in [-0.2, -0.15) is 8.78 Å². The Morgan fingerprint density at radius 3 is 2.53 bits per heavy atom. The zero-order valence-corrected chi connectivity index (χ0v) is 8.12. The SMILES string of the molecule is [N-]=[N+]=NC(F)(F)C(=O)NC1CCCCC1. The topological polar surface area (TPSA) is 77.9 Å². The number of azide groups is 1. The zero-order chi connectivity index (χ0) is 11.3. The Bertz CT molecular complexity index is 282. The number of carbonyl (C=O) groups excluding carboxylic acids is 1. The number of hydrogen-bond donors (Lipinski definition) is 1. The lowest BCUT2D eigenvalue weighted by atomic mass is 9.95. The van der Waals surface area contributed by atoms with Crippen LogP contribution in [-0.2, 0) is 4.79 Å². The van der Waals surface area contributed by atoms with Gasteiger partial charge in [-0.1, -0.05) is 19.3 Å². The van der Waals surface area contributed by atoms with E-state index in [2.05, 4.69) is 10.4 Å². The Morgan fingerprint density at radius 1 is 1.40 bits per heavy atom. The molecule has 0 heterocycles. The molecule has 0 aromatic rings. The molecule has 84 valence electrons. The third kappa shape index (κ3) is 3.36. The Kier molecular flexibility index (Phi) is 3.85. The molecule has 0 radical (unpaired) electrons. The van der Waals surface area contributed by atoms with Gasteiger partial charge in [0.2, 0.25) is 0 Å². The van der Waals surface area contributed by atoms with Gasteiger partial charge in [-0.05, 0) is 23.5 Å². The van der Waals surface area contributed by atoms with Gasteiger partial charge >= 0.3 is 6.05 Å². The van der Waals surface area contributed by atoms with E-state index in [9.17, 15) is 13.6 Å². The van der Waals surface area contributed by atoms with Crippen molar-refractivity contribution in [1.82, 2.24) is 5.32 Å². The first-order valence-corrected chi connectivity index (χ1v) is 4.81. The number of rotatable bonds is 3. The molecule has 0 atom stereocenters. The maximum atomic E-state index is 12.7. The normalized spacial score (nSPS) is 18.0. The van der Waals surface area contributed by atoms with Gasteiger partial charge < -0.3 is 5.32 Å². The summed E-state index contributed by atoms with van der Waals surface area (Å²) >= 11 is 0. The van der Waals surface area contributed by atoms with Gasteiger partial charge in [0.25, 0.3) is 5.91 Å². The molecule has 0 unspecified atom stereocenters. The van der Waals surface area contributed by atoms with Crippen LogP contribution < -0.4 is 5.32 Å². The van der Waals surface area contributed by atoms with Crippen LogP contribution in [0, 0.1) is 0 Å². The molecule has 0 bridgehead atoms. The highest BCUT2D eigenvalue weighted by Crippen LogP contribution is 2.20. The highest BCUT2D eigenvalue weighted by Gasteiger charge is 2.38. The molecule has 0 aliphatic heterocycles. The quantitative estimate of drug-likeness (QED) is 0.335. The molecule has 1 aliphatic rings. The van der Waals surface area contributed by atoms with Gasteiger partial charge in [-0.15, -0.1) is 0 Å². The second-order valence-electron chi connectivity index (χ2n) is 3.54. The zero-order valence-electron chi connectivity index (χ0n) is 8.12. The second kappa shape index (κ2) is 4.93. The number of halogens is 2. The van der Waals surface area contributed by atoms with Crippen molar-refractivity contribution in [3.63, 3.8) is 0 Å². The van der Waals surface area contributed by atoms with E-state index >= 15 is 0 Å². The largest absolute Gasteiger partial charge is 0.401 e. The second-order valence-corrected chi connectivity index (χ2v) is 3.54. The van der Waals surface area contributed by atoms with Gasteiger partial charge in [-0.3, -0.25) is 4.79 Å². The standard InChI is InChI=1S/C8H12F2N4O/c9-8(10,13-14-11)7(15)12-6-4-2-1-3-5-6/h6H,1-5H2,(H,12,15). The smallest absolute Gasteiger partial charge is 0.348 e. The number of nitrogens with zero attached hydrogens (tertiary/aromatic N) is 3. The van der Waals surface area contributed by atoms with E-state index in [1.165, 1.54) is 0 Å². The minimum Gasteiger partial charge on any atom is -0.348 e. The minimum atomic E-state index is -3.98. The minimum absolute atomic E-state index is 0.217. The molecule has 1 N–H and O–H groups in total. The molecule has 1 rings (SSSR count). The summed E-state index contributed by atoms with van der Waals surface area (Å²) in [5, 5.41) is 4.35. The molecule has 0 saturated heterocycles. The van der Waals surface area contributed by atoms with Crippen LogP contribution in [0.5, 0.6) is 0 Å². The number of hydrogen-bond acceptors (Lipinski definition) is 2. The van der Waals surface area contributed by atoms with E-state index in [1.54, 1.807) is 0 Å². The van der Waals surface area contributed by atoms with Gasteiger partial charge in [0, 0.05) is 11.0 Å². The van der Waals surface area contributed by atoms with Crippen LogP contribution in [0.4, 0.5) is 8.78 Å². The molecular formula is C8H12F2N4O. The Morgan fingerprint density at radius 2 is 2.00 bits per heavy atom. The monoisotopic (exact) mass is 218 g/mol. The number of carbonyl (C=O) groups is 1. The van der Waals surface area contributed by atoms with Crippen molar-refractivity contribution in [3.8, 4) is 0 Å². The van der Waals surface area contributed by atoms with Gasteiger partial charge in [0.15, 0.2) is 0 Å². The Labute approximate surface area is 85.5 Å². The summed E-state index contributed by atoms with van der Waals surface area (Å²) < 4.78 is 25.5. The molecule has 15 heavy (non-hydrogen) atoms. The van der Waals surface area contributed by atoms with Crippen LogP contribution in [0.3, 0.4) is 0 Å². The van der Waals surface area contributed by atoms with Crippen LogP contribution in [0.1, 0.15) is 32.1 Å². The lowest BCUT2D eigenvalue weighted by Crippen LogP contribution is -2.44. The maximum Gasteiger partial charge on any atom is 0.401 e. The molecule has 0 aromatic carbocycles. The van der Waals surface area contributed by atoms with Crippen molar-refractivity contribution >= 4 is 5.91 Å². The maximum absolute atomic E-state index is 12.7. The fourth-order valence-electron chi connectivity index (χ4n) is 1.62. The van der Waals surface area contributed by atoms with Crippen LogP contribution in [0.15, 0.2) is 5.11 Å². The first kappa shape index (κ1) is 11.7. The van der Waals surface area contributed by atoms with Crippen molar-refractivity contribution in [2.75, 3.05) is 0 Å². The van der Waals surface area contributed by atoms with E-state index < -0.39 is 12.0 Å².